The second-order valence-corrected chi connectivity index (χ2v) is 8.68. The first-order chi connectivity index (χ1) is 16.0. The van der Waals surface area contributed by atoms with Gasteiger partial charge in [-0.1, -0.05) is 48.5 Å². The van der Waals surface area contributed by atoms with Crippen molar-refractivity contribution in [1.29, 1.82) is 0 Å². The smallest absolute Gasteiger partial charge is 0.397 e. The van der Waals surface area contributed by atoms with Gasteiger partial charge in [0.25, 0.3) is 0 Å². The molecule has 1 heterocycles. The lowest BCUT2D eigenvalue weighted by Crippen LogP contribution is -2.59. The van der Waals surface area contributed by atoms with Crippen LogP contribution in [-0.2, 0) is 6.54 Å². The van der Waals surface area contributed by atoms with Gasteiger partial charge in [-0.05, 0) is 18.1 Å². The van der Waals surface area contributed by atoms with Gasteiger partial charge in [-0.3, -0.25) is 4.90 Å². The molecule has 0 bridgehead atoms. The van der Waals surface area contributed by atoms with E-state index in [4.69, 9.17) is 4.74 Å². The van der Waals surface area contributed by atoms with E-state index in [1.165, 1.54) is 12.0 Å². The van der Waals surface area contributed by atoms with Gasteiger partial charge in [0.2, 0.25) is 0 Å². The van der Waals surface area contributed by atoms with E-state index in [0.29, 0.717) is 17.9 Å². The molecule has 188 valence electrons. The molecule has 4 nitrogen and oxygen atoms in total. The van der Waals surface area contributed by atoms with Gasteiger partial charge in [0.15, 0.2) is 0 Å². The summed E-state index contributed by atoms with van der Waals surface area (Å²) in [7, 11) is 1.40. The second kappa shape index (κ2) is 10.5. The Morgan fingerprint density at radius 2 is 1.71 bits per heavy atom. The van der Waals surface area contributed by atoms with Crippen LogP contribution in [-0.4, -0.2) is 55.7 Å². The summed E-state index contributed by atoms with van der Waals surface area (Å²) in [6.45, 7) is -2.32. The first-order valence-electron chi connectivity index (χ1n) is 10.9. The van der Waals surface area contributed by atoms with Gasteiger partial charge in [-0.15, -0.1) is 0 Å². The summed E-state index contributed by atoms with van der Waals surface area (Å²) in [5.74, 6) is -1.87. The molecule has 1 aliphatic heterocycles. The number of hydrogen-bond donors (Lipinski definition) is 2. The zero-order valence-electron chi connectivity index (χ0n) is 18.7. The lowest BCUT2D eigenvalue weighted by atomic mass is 9.74. The number of piperidine rings is 1. The van der Waals surface area contributed by atoms with Crippen LogP contribution >= 0.6 is 0 Å². The number of methoxy groups -OCH3 is 1. The Morgan fingerprint density at radius 1 is 1.06 bits per heavy atom. The van der Waals surface area contributed by atoms with E-state index in [1.54, 1.807) is 24.3 Å². The van der Waals surface area contributed by atoms with E-state index in [-0.39, 0.29) is 6.54 Å². The third-order valence-electron chi connectivity index (χ3n) is 6.41. The highest BCUT2D eigenvalue weighted by molar-refractivity contribution is 5.36. The van der Waals surface area contributed by atoms with Gasteiger partial charge in [0.05, 0.1) is 25.7 Å². The first kappa shape index (κ1) is 26.3. The molecule has 0 radical (unpaired) electrons. The van der Waals surface area contributed by atoms with Crippen molar-refractivity contribution in [2.45, 2.75) is 31.4 Å². The van der Waals surface area contributed by atoms with Crippen molar-refractivity contribution >= 4 is 0 Å². The Morgan fingerprint density at radius 3 is 2.29 bits per heavy atom. The Bertz CT molecular complexity index is 922. The number of aliphatic hydroxyl groups excluding tert-OH is 1. The summed E-state index contributed by atoms with van der Waals surface area (Å²) >= 11 is 0. The van der Waals surface area contributed by atoms with Crippen molar-refractivity contribution in [3.8, 4) is 5.75 Å². The molecule has 0 amide bonds. The molecule has 1 aliphatic rings. The zero-order chi connectivity index (χ0) is 25.0. The minimum Gasteiger partial charge on any atom is -0.496 e. The van der Waals surface area contributed by atoms with E-state index >= 15 is 0 Å². The third-order valence-corrected chi connectivity index (χ3v) is 6.41. The number of likely N-dealkylation sites (tertiary alicyclic amines) is 1. The number of aliphatic hydroxyl groups is 1. The highest BCUT2D eigenvalue weighted by Crippen LogP contribution is 2.51. The van der Waals surface area contributed by atoms with E-state index < -0.39 is 55.8 Å². The monoisotopic (exact) mass is 490 g/mol. The van der Waals surface area contributed by atoms with Crippen LogP contribution in [0.3, 0.4) is 0 Å². The van der Waals surface area contributed by atoms with Crippen LogP contribution in [0.4, 0.5) is 26.3 Å². The Kier molecular flexibility index (Phi) is 8.15. The summed E-state index contributed by atoms with van der Waals surface area (Å²) in [5, 5.41) is 12.9. The summed E-state index contributed by atoms with van der Waals surface area (Å²) in [6, 6.07) is 15.0. The second-order valence-electron chi connectivity index (χ2n) is 8.68. The van der Waals surface area contributed by atoms with Crippen molar-refractivity contribution in [2.75, 3.05) is 33.4 Å². The number of rotatable bonds is 8. The van der Waals surface area contributed by atoms with Gasteiger partial charge < -0.3 is 15.2 Å². The normalized spacial score (nSPS) is 23.0. The zero-order valence-corrected chi connectivity index (χ0v) is 18.7. The van der Waals surface area contributed by atoms with Gasteiger partial charge >= 0.3 is 12.4 Å². The molecule has 1 fully saturated rings. The summed E-state index contributed by atoms with van der Waals surface area (Å²) in [5.41, 5.74) is -1.49. The average molecular weight is 490 g/mol. The fourth-order valence-electron chi connectivity index (χ4n) is 4.53. The van der Waals surface area contributed by atoms with E-state index in [2.05, 4.69) is 5.32 Å². The molecule has 10 heteroatoms. The number of para-hydroxylation sites is 1. The molecule has 0 aliphatic carbocycles. The number of alkyl halides is 6. The first-order valence-corrected chi connectivity index (χ1v) is 10.9. The Hall–Kier alpha value is -2.30. The average Bonchev–Trinajstić information content (AvgIpc) is 2.81. The molecule has 3 atom stereocenters. The van der Waals surface area contributed by atoms with E-state index in [1.807, 2.05) is 30.3 Å². The minimum absolute atomic E-state index is 0.0826. The molecular weight excluding hydrogens is 462 g/mol. The number of hydrogen-bond acceptors (Lipinski definition) is 4. The molecule has 2 aromatic rings. The van der Waals surface area contributed by atoms with Crippen LogP contribution in [0.2, 0.25) is 0 Å². The minimum atomic E-state index is -5.01. The molecule has 0 aromatic heterocycles. The third kappa shape index (κ3) is 5.84. The highest BCUT2D eigenvalue weighted by atomic mass is 19.4. The van der Waals surface area contributed by atoms with Crippen molar-refractivity contribution < 1.29 is 36.2 Å². The maximum atomic E-state index is 14.0. The topological polar surface area (TPSA) is 44.7 Å². The maximum absolute atomic E-state index is 14.0. The van der Waals surface area contributed by atoms with E-state index in [9.17, 15) is 31.4 Å². The van der Waals surface area contributed by atoms with Crippen LogP contribution in [0.5, 0.6) is 5.75 Å². The van der Waals surface area contributed by atoms with Crippen LogP contribution in [0, 0.1) is 11.3 Å². The molecule has 34 heavy (non-hydrogen) atoms. The fourth-order valence-corrected chi connectivity index (χ4v) is 4.53. The van der Waals surface area contributed by atoms with Crippen molar-refractivity contribution in [3.63, 3.8) is 0 Å². The van der Waals surface area contributed by atoms with Crippen LogP contribution < -0.4 is 10.1 Å². The van der Waals surface area contributed by atoms with Gasteiger partial charge in [-0.25, -0.2) is 0 Å². The Balaban J connectivity index is 1.98. The lowest BCUT2D eigenvalue weighted by molar-refractivity contribution is -0.282. The largest absolute Gasteiger partial charge is 0.496 e. The summed E-state index contributed by atoms with van der Waals surface area (Å²) < 4.78 is 88.7. The van der Waals surface area contributed by atoms with Crippen LogP contribution in [0.25, 0.3) is 0 Å². The number of nitrogens with one attached hydrogen (secondary N) is 1. The number of ether oxygens (including phenoxy) is 1. The van der Waals surface area contributed by atoms with Crippen molar-refractivity contribution in [1.82, 2.24) is 10.2 Å². The van der Waals surface area contributed by atoms with E-state index in [0.717, 1.165) is 5.56 Å². The van der Waals surface area contributed by atoms with Crippen LogP contribution in [0.1, 0.15) is 23.6 Å². The molecule has 0 spiro atoms. The quantitative estimate of drug-likeness (QED) is 0.514. The number of nitrogens with zero attached hydrogens (tertiary/aromatic N) is 1. The predicted octanol–water partition coefficient (Wildman–Crippen LogP) is 4.95. The number of halogens is 6. The molecular formula is C24H28F6N2O2. The number of benzene rings is 2. The highest BCUT2D eigenvalue weighted by Gasteiger charge is 2.62. The van der Waals surface area contributed by atoms with Crippen molar-refractivity contribution in [2.24, 2.45) is 11.3 Å². The van der Waals surface area contributed by atoms with Gasteiger partial charge in [0.1, 0.15) is 11.2 Å². The molecule has 3 rings (SSSR count). The molecule has 3 unspecified atom stereocenters. The fraction of sp³-hybridized carbons (Fsp3) is 0.500. The molecule has 2 N–H and O–H groups in total. The SMILES string of the molecule is COc1ccccc1C(CNCc1ccccc1)N1CC(C(F)(F)F)CC(CO)(C(F)(F)F)C1. The maximum Gasteiger partial charge on any atom is 0.397 e. The molecule has 2 aromatic carbocycles. The van der Waals surface area contributed by atoms with Crippen LogP contribution in [0.15, 0.2) is 54.6 Å². The standard InChI is InChI=1S/C24H28F6N2O2/c1-34-21-10-6-5-9-19(21)20(13-31-12-17-7-3-2-4-8-17)32-14-18(23(25,26)27)11-22(15-32,16-33)24(28,29)30/h2-10,18,20,31,33H,11-16H2,1H3. The molecule has 0 saturated carbocycles. The Labute approximate surface area is 194 Å². The van der Waals surface area contributed by atoms with Gasteiger partial charge in [-0.2, -0.15) is 26.3 Å². The predicted molar refractivity (Wildman–Crippen MR) is 115 cm³/mol. The lowest BCUT2D eigenvalue weighted by Gasteiger charge is -2.49. The van der Waals surface area contributed by atoms with Crippen molar-refractivity contribution in [3.05, 3.63) is 65.7 Å². The van der Waals surface area contributed by atoms with Gasteiger partial charge in [0, 0.05) is 31.7 Å². The summed E-state index contributed by atoms with van der Waals surface area (Å²) in [4.78, 5) is 1.18. The summed E-state index contributed by atoms with van der Waals surface area (Å²) in [6.07, 6.45) is -11.1. The molecule has 1 saturated heterocycles.